The molecule has 0 bridgehead atoms. The highest BCUT2D eigenvalue weighted by Crippen LogP contribution is 2.36. The Morgan fingerprint density at radius 2 is 2.29 bits per heavy atom. The molecule has 1 unspecified atom stereocenters. The first-order valence-corrected chi connectivity index (χ1v) is 8.02. The number of carbonyl (C=O) groups is 1. The van der Waals surface area contributed by atoms with E-state index in [1.807, 2.05) is 5.38 Å². The third kappa shape index (κ3) is 3.01. The van der Waals surface area contributed by atoms with E-state index < -0.39 is 0 Å². The molecule has 1 aromatic carbocycles. The molecule has 21 heavy (non-hydrogen) atoms. The molecule has 1 heterocycles. The molecule has 1 aliphatic carbocycles. The van der Waals surface area contributed by atoms with Gasteiger partial charge in [-0.05, 0) is 43.0 Å². The summed E-state index contributed by atoms with van der Waals surface area (Å²) in [7, 11) is 0. The first kappa shape index (κ1) is 14.3. The fraction of sp³-hybridized carbons (Fsp3) is 0.250. The van der Waals surface area contributed by atoms with E-state index >= 15 is 0 Å². The van der Waals surface area contributed by atoms with E-state index in [1.165, 1.54) is 5.57 Å². The van der Waals surface area contributed by atoms with E-state index in [0.717, 1.165) is 36.3 Å². The van der Waals surface area contributed by atoms with Crippen molar-refractivity contribution in [1.29, 1.82) is 0 Å². The number of allylic oxidation sites excluding steroid dienone is 2. The van der Waals surface area contributed by atoms with Crippen molar-refractivity contribution in [3.63, 3.8) is 0 Å². The van der Waals surface area contributed by atoms with Gasteiger partial charge in [0.1, 0.15) is 17.0 Å². The highest BCUT2D eigenvalue weighted by molar-refractivity contribution is 7.11. The Bertz CT molecular complexity index is 708. The van der Waals surface area contributed by atoms with Gasteiger partial charge in [-0.15, -0.1) is 11.3 Å². The maximum absolute atomic E-state index is 10.8. The zero-order chi connectivity index (χ0) is 14.8. The molecule has 1 aromatic heterocycles. The Balaban J connectivity index is 1.89. The summed E-state index contributed by atoms with van der Waals surface area (Å²) in [6.45, 7) is 0. The Morgan fingerprint density at radius 1 is 1.43 bits per heavy atom. The summed E-state index contributed by atoms with van der Waals surface area (Å²) < 4.78 is 0. The summed E-state index contributed by atoms with van der Waals surface area (Å²) in [5.74, 6) is 0.319. The molecule has 3 nitrogen and oxygen atoms in total. The summed E-state index contributed by atoms with van der Waals surface area (Å²) in [6, 6.07) is 4.94. The number of phenolic OH excluding ortho intramolecular Hbond substituents is 1. The zero-order valence-electron chi connectivity index (χ0n) is 11.3. The van der Waals surface area contributed by atoms with Crippen molar-refractivity contribution in [2.24, 2.45) is 5.92 Å². The summed E-state index contributed by atoms with van der Waals surface area (Å²) in [4.78, 5) is 15.4. The molecule has 1 atom stereocenters. The van der Waals surface area contributed by atoms with Crippen LogP contribution in [0.2, 0.25) is 5.02 Å². The summed E-state index contributed by atoms with van der Waals surface area (Å²) in [5, 5.41) is 13.4. The van der Waals surface area contributed by atoms with Gasteiger partial charge in [-0.3, -0.25) is 0 Å². The average molecular weight is 320 g/mol. The van der Waals surface area contributed by atoms with Crippen LogP contribution in [0.25, 0.3) is 16.8 Å². The Morgan fingerprint density at radius 3 is 3.00 bits per heavy atom. The second-order valence-corrected chi connectivity index (χ2v) is 6.39. The van der Waals surface area contributed by atoms with Crippen LogP contribution in [-0.2, 0) is 4.79 Å². The van der Waals surface area contributed by atoms with Gasteiger partial charge in [0.2, 0.25) is 0 Å². The third-order valence-electron chi connectivity index (χ3n) is 3.66. The van der Waals surface area contributed by atoms with Crippen molar-refractivity contribution in [2.45, 2.75) is 19.3 Å². The first-order chi connectivity index (χ1) is 10.2. The summed E-state index contributed by atoms with van der Waals surface area (Å²) >= 11 is 7.53. The molecule has 3 rings (SSSR count). The van der Waals surface area contributed by atoms with Crippen LogP contribution in [0, 0.1) is 5.92 Å². The smallest absolute Gasteiger partial charge is 0.125 e. The summed E-state index contributed by atoms with van der Waals surface area (Å²) in [5.41, 5.74) is 2.56. The minimum atomic E-state index is 0.144. The van der Waals surface area contributed by atoms with Crippen molar-refractivity contribution >= 4 is 34.8 Å². The molecule has 0 fully saturated rings. The lowest BCUT2D eigenvalue weighted by Crippen LogP contribution is -2.06. The van der Waals surface area contributed by atoms with E-state index in [-0.39, 0.29) is 11.7 Å². The van der Waals surface area contributed by atoms with Gasteiger partial charge in [0.25, 0.3) is 0 Å². The lowest BCUT2D eigenvalue weighted by Gasteiger charge is -2.15. The minimum Gasteiger partial charge on any atom is -0.507 e. The number of halogens is 1. The van der Waals surface area contributed by atoms with Crippen LogP contribution >= 0.6 is 22.9 Å². The van der Waals surface area contributed by atoms with E-state index in [1.54, 1.807) is 29.5 Å². The highest BCUT2D eigenvalue weighted by Gasteiger charge is 2.17. The maximum atomic E-state index is 10.8. The van der Waals surface area contributed by atoms with Crippen LogP contribution in [0.5, 0.6) is 5.75 Å². The predicted octanol–water partition coefficient (Wildman–Crippen LogP) is 4.55. The van der Waals surface area contributed by atoms with Crippen molar-refractivity contribution in [2.75, 3.05) is 0 Å². The first-order valence-electron chi connectivity index (χ1n) is 6.76. The number of benzene rings is 1. The number of hydrogen-bond acceptors (Lipinski definition) is 4. The molecule has 108 valence electrons. The Kier molecular flexibility index (Phi) is 4.08. The fourth-order valence-corrected chi connectivity index (χ4v) is 3.49. The average Bonchev–Trinajstić information content (AvgIpc) is 2.99. The van der Waals surface area contributed by atoms with E-state index in [4.69, 9.17) is 11.6 Å². The Labute approximate surface area is 131 Å². The van der Waals surface area contributed by atoms with Gasteiger partial charge in [-0.1, -0.05) is 17.7 Å². The molecule has 0 saturated heterocycles. The number of carbonyl (C=O) groups excluding carboxylic acids is 1. The van der Waals surface area contributed by atoms with E-state index in [0.29, 0.717) is 10.6 Å². The van der Waals surface area contributed by atoms with Gasteiger partial charge in [0, 0.05) is 21.9 Å². The zero-order valence-corrected chi connectivity index (χ0v) is 12.8. The van der Waals surface area contributed by atoms with Crippen molar-refractivity contribution in [3.8, 4) is 17.0 Å². The van der Waals surface area contributed by atoms with Crippen molar-refractivity contribution in [3.05, 3.63) is 39.7 Å². The predicted molar refractivity (Wildman–Crippen MR) is 85.6 cm³/mol. The van der Waals surface area contributed by atoms with Gasteiger partial charge < -0.3 is 9.90 Å². The molecule has 0 saturated carbocycles. The molecule has 1 aliphatic rings. The van der Waals surface area contributed by atoms with Crippen molar-refractivity contribution in [1.82, 2.24) is 4.98 Å². The second-order valence-electron chi connectivity index (χ2n) is 5.10. The number of hydrogen-bond donors (Lipinski definition) is 1. The molecular formula is C16H14ClNO2S. The van der Waals surface area contributed by atoms with E-state index in [2.05, 4.69) is 11.1 Å². The van der Waals surface area contributed by atoms with Crippen LogP contribution in [0.15, 0.2) is 29.7 Å². The molecule has 0 spiro atoms. The molecule has 0 radical (unpaired) electrons. The molecule has 5 heteroatoms. The highest BCUT2D eigenvalue weighted by atomic mass is 35.5. The van der Waals surface area contributed by atoms with Gasteiger partial charge in [0.15, 0.2) is 0 Å². The maximum Gasteiger partial charge on any atom is 0.125 e. The van der Waals surface area contributed by atoms with E-state index in [9.17, 15) is 9.90 Å². The molecular weight excluding hydrogens is 306 g/mol. The molecule has 1 N–H and O–H groups in total. The van der Waals surface area contributed by atoms with Crippen molar-refractivity contribution < 1.29 is 9.90 Å². The van der Waals surface area contributed by atoms with Crippen LogP contribution in [0.3, 0.4) is 0 Å². The molecule has 0 aliphatic heterocycles. The fourth-order valence-electron chi connectivity index (χ4n) is 2.43. The SMILES string of the molecule is O=CC1CC=C(c2nc(-c3cc(Cl)ccc3O)cs2)CC1. The number of aldehydes is 1. The van der Waals surface area contributed by atoms with Gasteiger partial charge in [0.05, 0.1) is 5.69 Å². The lowest BCUT2D eigenvalue weighted by molar-refractivity contribution is -0.111. The van der Waals surface area contributed by atoms with Gasteiger partial charge in [-0.25, -0.2) is 4.98 Å². The van der Waals surface area contributed by atoms with Crippen LogP contribution < -0.4 is 0 Å². The van der Waals surface area contributed by atoms with Crippen LogP contribution in [0.4, 0.5) is 0 Å². The van der Waals surface area contributed by atoms with Crippen LogP contribution in [0.1, 0.15) is 24.3 Å². The number of aromatic hydroxyl groups is 1. The normalized spacial score (nSPS) is 18.3. The third-order valence-corrected chi connectivity index (χ3v) is 4.81. The standard InChI is InChI=1S/C16H14ClNO2S/c17-12-5-6-15(20)13(7-12)14-9-21-16(18-14)11-3-1-10(8-19)2-4-11/h3,5-10,20H,1-2,4H2. The van der Waals surface area contributed by atoms with Gasteiger partial charge in [-0.2, -0.15) is 0 Å². The number of thiazole rings is 1. The Hall–Kier alpha value is -1.65. The summed E-state index contributed by atoms with van der Waals surface area (Å²) in [6.07, 6.45) is 5.67. The number of phenols is 1. The molecule has 0 amide bonds. The number of nitrogens with zero attached hydrogens (tertiary/aromatic N) is 1. The lowest BCUT2D eigenvalue weighted by atomic mass is 9.91. The minimum absolute atomic E-state index is 0.144. The number of rotatable bonds is 3. The molecule has 2 aromatic rings. The largest absolute Gasteiger partial charge is 0.507 e. The number of aromatic nitrogens is 1. The monoisotopic (exact) mass is 319 g/mol. The second kappa shape index (κ2) is 6.00. The quantitative estimate of drug-likeness (QED) is 0.844. The topological polar surface area (TPSA) is 50.2 Å². The van der Waals surface area contributed by atoms with Gasteiger partial charge >= 0.3 is 0 Å². The van der Waals surface area contributed by atoms with Crippen LogP contribution in [-0.4, -0.2) is 16.4 Å².